The lowest BCUT2D eigenvalue weighted by molar-refractivity contribution is 0.0827. The summed E-state index contributed by atoms with van der Waals surface area (Å²) in [6, 6.07) is 11.9. The van der Waals surface area contributed by atoms with E-state index in [0.29, 0.717) is 33.6 Å². The van der Waals surface area contributed by atoms with Crippen molar-refractivity contribution in [1.82, 2.24) is 10.2 Å². The van der Waals surface area contributed by atoms with Crippen molar-refractivity contribution in [1.29, 1.82) is 0 Å². The van der Waals surface area contributed by atoms with Crippen molar-refractivity contribution in [2.45, 2.75) is 6.92 Å². The van der Waals surface area contributed by atoms with Crippen LogP contribution in [0.1, 0.15) is 27.6 Å². The molecule has 0 bridgehead atoms. The summed E-state index contributed by atoms with van der Waals surface area (Å²) in [6.45, 7) is 2.42. The van der Waals surface area contributed by atoms with Gasteiger partial charge in [0.25, 0.3) is 11.8 Å². The highest BCUT2D eigenvalue weighted by Crippen LogP contribution is 2.26. The van der Waals surface area contributed by atoms with Gasteiger partial charge in [0.2, 0.25) is 0 Å². The Hall–Kier alpha value is -2.45. The lowest BCUT2D eigenvalue weighted by Crippen LogP contribution is -2.34. The molecule has 2 amide bonds. The van der Waals surface area contributed by atoms with E-state index in [9.17, 15) is 9.59 Å². The smallest absolute Gasteiger partial charge is 0.257 e. The predicted molar refractivity (Wildman–Crippen MR) is 113 cm³/mol. The van der Waals surface area contributed by atoms with Crippen molar-refractivity contribution in [3.63, 3.8) is 0 Å². The van der Waals surface area contributed by atoms with Crippen LogP contribution in [0.15, 0.2) is 46.9 Å². The van der Waals surface area contributed by atoms with Gasteiger partial charge >= 0.3 is 0 Å². The summed E-state index contributed by atoms with van der Waals surface area (Å²) in [7, 11) is 3.37. The van der Waals surface area contributed by atoms with E-state index in [-0.39, 0.29) is 16.9 Å². The maximum absolute atomic E-state index is 12.4. The lowest BCUT2D eigenvalue weighted by Gasteiger charge is -2.13. The lowest BCUT2D eigenvalue weighted by atomic mass is 10.2. The Morgan fingerprint density at radius 2 is 1.89 bits per heavy atom. The molecule has 142 valence electrons. The first-order chi connectivity index (χ1) is 12.8. The molecule has 8 heteroatoms. The van der Waals surface area contributed by atoms with Crippen molar-refractivity contribution in [3.8, 4) is 5.75 Å². The number of anilines is 1. The molecule has 0 spiro atoms. The number of amides is 2. The van der Waals surface area contributed by atoms with Gasteiger partial charge in [-0.2, -0.15) is 0 Å². The van der Waals surface area contributed by atoms with Crippen molar-refractivity contribution in [2.24, 2.45) is 0 Å². The van der Waals surface area contributed by atoms with E-state index in [0.717, 1.165) is 0 Å². The number of ether oxygens (including phenoxy) is 1. The third kappa shape index (κ3) is 5.77. The van der Waals surface area contributed by atoms with Crippen LogP contribution in [0, 0.1) is 0 Å². The molecule has 0 aliphatic rings. The van der Waals surface area contributed by atoms with E-state index in [1.165, 1.54) is 4.90 Å². The van der Waals surface area contributed by atoms with Crippen molar-refractivity contribution in [2.75, 3.05) is 26.0 Å². The maximum atomic E-state index is 12.4. The Balaban J connectivity index is 2.03. The Morgan fingerprint density at radius 3 is 2.52 bits per heavy atom. The molecule has 0 fully saturated rings. The van der Waals surface area contributed by atoms with Crippen LogP contribution in [0.4, 0.5) is 5.69 Å². The molecular formula is C19H20BrN3O3S. The van der Waals surface area contributed by atoms with E-state index >= 15 is 0 Å². The number of rotatable bonds is 5. The average molecular weight is 450 g/mol. The Bertz CT molecular complexity index is 871. The molecule has 27 heavy (non-hydrogen) atoms. The summed E-state index contributed by atoms with van der Waals surface area (Å²) >= 11 is 8.58. The molecule has 0 unspecified atom stereocenters. The van der Waals surface area contributed by atoms with Crippen LogP contribution in [0.3, 0.4) is 0 Å². The minimum Gasteiger partial charge on any atom is -0.493 e. The van der Waals surface area contributed by atoms with Gasteiger partial charge in [-0.1, -0.05) is 6.07 Å². The fourth-order valence-corrected chi connectivity index (χ4v) is 2.94. The molecule has 0 aliphatic carbocycles. The van der Waals surface area contributed by atoms with Crippen LogP contribution in [-0.4, -0.2) is 42.5 Å². The Morgan fingerprint density at radius 1 is 1.15 bits per heavy atom. The largest absolute Gasteiger partial charge is 0.493 e. The highest BCUT2D eigenvalue weighted by Gasteiger charge is 2.12. The van der Waals surface area contributed by atoms with E-state index < -0.39 is 0 Å². The molecule has 2 N–H and O–H groups in total. The summed E-state index contributed by atoms with van der Waals surface area (Å²) in [6.07, 6.45) is 0. The number of hydrogen-bond acceptors (Lipinski definition) is 4. The molecule has 0 radical (unpaired) electrons. The van der Waals surface area contributed by atoms with Gasteiger partial charge in [0.15, 0.2) is 5.11 Å². The molecule has 2 rings (SSSR count). The van der Waals surface area contributed by atoms with Crippen molar-refractivity contribution < 1.29 is 14.3 Å². The Kier molecular flexibility index (Phi) is 7.32. The quantitative estimate of drug-likeness (QED) is 0.681. The summed E-state index contributed by atoms with van der Waals surface area (Å²) in [5, 5.41) is 5.67. The van der Waals surface area contributed by atoms with Gasteiger partial charge in [-0.25, -0.2) is 0 Å². The van der Waals surface area contributed by atoms with E-state index in [2.05, 4.69) is 26.6 Å². The number of carbonyl (C=O) groups excluding carboxylic acids is 2. The average Bonchev–Trinajstić information content (AvgIpc) is 2.62. The summed E-state index contributed by atoms with van der Waals surface area (Å²) < 4.78 is 6.12. The zero-order valence-corrected chi connectivity index (χ0v) is 17.6. The van der Waals surface area contributed by atoms with Crippen LogP contribution in [-0.2, 0) is 0 Å². The second kappa shape index (κ2) is 9.48. The van der Waals surface area contributed by atoms with E-state index in [4.69, 9.17) is 17.0 Å². The van der Waals surface area contributed by atoms with Gasteiger partial charge in [0, 0.05) is 30.9 Å². The van der Waals surface area contributed by atoms with E-state index in [1.54, 1.807) is 56.6 Å². The van der Waals surface area contributed by atoms with Crippen LogP contribution in [0.5, 0.6) is 5.75 Å². The molecule has 0 heterocycles. The molecular weight excluding hydrogens is 430 g/mol. The molecule has 0 atom stereocenters. The number of thiocarbonyl (C=S) groups is 1. The monoisotopic (exact) mass is 449 g/mol. The summed E-state index contributed by atoms with van der Waals surface area (Å²) in [5.74, 6) is 0.196. The minimum atomic E-state index is -0.350. The molecule has 0 aliphatic heterocycles. The van der Waals surface area contributed by atoms with Gasteiger partial charge in [0.1, 0.15) is 5.75 Å². The molecule has 2 aromatic rings. The van der Waals surface area contributed by atoms with Gasteiger partial charge in [-0.05, 0) is 71.5 Å². The third-order valence-corrected chi connectivity index (χ3v) is 4.32. The molecule has 6 nitrogen and oxygen atoms in total. The van der Waals surface area contributed by atoms with Crippen LogP contribution in [0.2, 0.25) is 0 Å². The number of nitrogens with zero attached hydrogens (tertiary/aromatic N) is 1. The second-order valence-corrected chi connectivity index (χ2v) is 7.03. The van der Waals surface area contributed by atoms with Gasteiger partial charge in [0.05, 0.1) is 11.1 Å². The highest BCUT2D eigenvalue weighted by atomic mass is 79.9. The number of hydrogen-bond donors (Lipinski definition) is 2. The summed E-state index contributed by atoms with van der Waals surface area (Å²) in [4.78, 5) is 25.9. The number of halogens is 1. The summed E-state index contributed by atoms with van der Waals surface area (Å²) in [5.41, 5.74) is 1.57. The number of nitrogens with one attached hydrogen (secondary N) is 2. The van der Waals surface area contributed by atoms with Gasteiger partial charge in [-0.15, -0.1) is 0 Å². The van der Waals surface area contributed by atoms with E-state index in [1.807, 2.05) is 6.92 Å². The predicted octanol–water partition coefficient (Wildman–Crippen LogP) is 3.68. The molecule has 0 saturated carbocycles. The minimum absolute atomic E-state index is 0.118. The maximum Gasteiger partial charge on any atom is 0.257 e. The fourth-order valence-electron chi connectivity index (χ4n) is 2.24. The normalized spacial score (nSPS) is 10.1. The first-order valence-electron chi connectivity index (χ1n) is 8.18. The molecule has 2 aromatic carbocycles. The van der Waals surface area contributed by atoms with Gasteiger partial charge < -0.3 is 15.0 Å². The topological polar surface area (TPSA) is 70.7 Å². The number of carbonyl (C=O) groups is 2. The van der Waals surface area contributed by atoms with Crippen LogP contribution < -0.4 is 15.4 Å². The zero-order chi connectivity index (χ0) is 20.0. The third-order valence-electron chi connectivity index (χ3n) is 3.49. The standard InChI is InChI=1S/C19H20BrN3O3S/c1-4-26-16-9-8-12(11-15(16)20)17(24)22-19(27)21-14-7-5-6-13(10-14)18(25)23(2)3/h5-11H,4H2,1-3H3,(H2,21,22,24,27). The highest BCUT2D eigenvalue weighted by molar-refractivity contribution is 9.10. The zero-order valence-electron chi connectivity index (χ0n) is 15.2. The van der Waals surface area contributed by atoms with Crippen molar-refractivity contribution >= 4 is 50.8 Å². The second-order valence-electron chi connectivity index (χ2n) is 5.77. The van der Waals surface area contributed by atoms with Gasteiger partial charge in [-0.3, -0.25) is 14.9 Å². The SMILES string of the molecule is CCOc1ccc(C(=O)NC(=S)Nc2cccc(C(=O)N(C)C)c2)cc1Br. The Labute approximate surface area is 172 Å². The molecule has 0 saturated heterocycles. The number of benzene rings is 2. The fraction of sp³-hybridized carbons (Fsp3) is 0.211. The van der Waals surface area contributed by atoms with Crippen LogP contribution in [0.25, 0.3) is 0 Å². The first kappa shape index (κ1) is 20.9. The first-order valence-corrected chi connectivity index (χ1v) is 9.38. The van der Waals surface area contributed by atoms with Crippen molar-refractivity contribution in [3.05, 3.63) is 58.1 Å². The van der Waals surface area contributed by atoms with Crippen LogP contribution >= 0.6 is 28.1 Å². The molecule has 0 aromatic heterocycles.